The molecule has 3 heterocycles. The molecular formula is C26H21FN2O4. The van der Waals surface area contributed by atoms with Crippen LogP contribution in [0.2, 0.25) is 0 Å². The van der Waals surface area contributed by atoms with Crippen LogP contribution in [0.4, 0.5) is 4.39 Å². The van der Waals surface area contributed by atoms with Gasteiger partial charge in [0, 0.05) is 18.3 Å². The molecule has 1 fully saturated rings. The number of Topliss-reactive ketones (excluding diaryl/α,β-unsaturated/α-hetero) is 1. The van der Waals surface area contributed by atoms with Crippen molar-refractivity contribution in [3.63, 3.8) is 0 Å². The number of pyridine rings is 1. The van der Waals surface area contributed by atoms with Gasteiger partial charge in [-0.25, -0.2) is 4.39 Å². The molecule has 1 amide bonds. The van der Waals surface area contributed by atoms with Crippen molar-refractivity contribution >= 4 is 17.4 Å². The Morgan fingerprint density at radius 3 is 2.70 bits per heavy atom. The van der Waals surface area contributed by atoms with Crippen molar-refractivity contribution < 1.29 is 23.8 Å². The lowest BCUT2D eigenvalue weighted by Gasteiger charge is -2.24. The number of aliphatic hydroxyl groups excluding tert-OH is 1. The van der Waals surface area contributed by atoms with Gasteiger partial charge in [-0.1, -0.05) is 18.2 Å². The van der Waals surface area contributed by atoms with Gasteiger partial charge in [0.15, 0.2) is 0 Å². The number of benzene rings is 2. The van der Waals surface area contributed by atoms with Crippen molar-refractivity contribution in [2.45, 2.75) is 25.4 Å². The van der Waals surface area contributed by atoms with Crippen molar-refractivity contribution in [2.24, 2.45) is 0 Å². The van der Waals surface area contributed by atoms with E-state index in [9.17, 15) is 19.1 Å². The van der Waals surface area contributed by atoms with Crippen molar-refractivity contribution in [3.8, 4) is 5.75 Å². The number of halogens is 1. The summed E-state index contributed by atoms with van der Waals surface area (Å²) >= 11 is 0. The summed E-state index contributed by atoms with van der Waals surface area (Å²) in [6.07, 6.45) is 3.25. The summed E-state index contributed by atoms with van der Waals surface area (Å²) in [7, 11) is 0. The number of likely N-dealkylation sites (tertiary alicyclic amines) is 1. The second-order valence-corrected chi connectivity index (χ2v) is 8.08. The lowest BCUT2D eigenvalue weighted by atomic mass is 9.96. The SMILES string of the molecule is O=C1C(=O)N(Cc2ccc(F)cc2)C(c2ccccn2)/C1=C(/O)c1ccc2c(c1)CCCO2. The Labute approximate surface area is 190 Å². The number of nitrogens with zero attached hydrogens (tertiary/aromatic N) is 2. The highest BCUT2D eigenvalue weighted by Gasteiger charge is 2.46. The van der Waals surface area contributed by atoms with E-state index in [1.54, 1.807) is 54.7 Å². The fourth-order valence-electron chi connectivity index (χ4n) is 4.34. The van der Waals surface area contributed by atoms with E-state index < -0.39 is 23.5 Å². The van der Waals surface area contributed by atoms with Crippen LogP contribution in [-0.2, 0) is 22.6 Å². The van der Waals surface area contributed by atoms with Gasteiger partial charge in [0.25, 0.3) is 11.7 Å². The fourth-order valence-corrected chi connectivity index (χ4v) is 4.34. The summed E-state index contributed by atoms with van der Waals surface area (Å²) in [6, 6.07) is 15.3. The first kappa shape index (κ1) is 20.9. The lowest BCUT2D eigenvalue weighted by Crippen LogP contribution is -2.29. The number of hydrogen-bond donors (Lipinski definition) is 1. The van der Waals surface area contributed by atoms with Crippen LogP contribution in [0.3, 0.4) is 0 Å². The number of rotatable bonds is 4. The van der Waals surface area contributed by atoms with Gasteiger partial charge < -0.3 is 14.7 Å². The third-order valence-electron chi connectivity index (χ3n) is 5.96. The van der Waals surface area contributed by atoms with Crippen LogP contribution in [0, 0.1) is 5.82 Å². The van der Waals surface area contributed by atoms with E-state index in [1.807, 2.05) is 0 Å². The van der Waals surface area contributed by atoms with Crippen LogP contribution in [0.5, 0.6) is 5.75 Å². The van der Waals surface area contributed by atoms with Crippen molar-refractivity contribution in [3.05, 3.63) is 101 Å². The van der Waals surface area contributed by atoms with E-state index >= 15 is 0 Å². The van der Waals surface area contributed by atoms with Crippen molar-refractivity contribution in [1.82, 2.24) is 9.88 Å². The lowest BCUT2D eigenvalue weighted by molar-refractivity contribution is -0.140. The molecule has 1 atom stereocenters. The number of aromatic nitrogens is 1. The quantitative estimate of drug-likeness (QED) is 0.371. The van der Waals surface area contributed by atoms with Gasteiger partial charge in [0.05, 0.1) is 17.9 Å². The molecule has 0 aliphatic carbocycles. The van der Waals surface area contributed by atoms with E-state index in [0.29, 0.717) is 23.4 Å². The average molecular weight is 444 g/mol. The Morgan fingerprint density at radius 1 is 1.12 bits per heavy atom. The van der Waals surface area contributed by atoms with Crippen LogP contribution >= 0.6 is 0 Å². The Balaban J connectivity index is 1.61. The highest BCUT2D eigenvalue weighted by atomic mass is 19.1. The average Bonchev–Trinajstić information content (AvgIpc) is 3.10. The Bertz CT molecular complexity index is 1260. The molecule has 0 radical (unpaired) electrons. The number of carbonyl (C=O) groups excluding carboxylic acids is 2. The summed E-state index contributed by atoms with van der Waals surface area (Å²) in [4.78, 5) is 31.9. The molecule has 2 aliphatic rings. The summed E-state index contributed by atoms with van der Waals surface area (Å²) in [5.74, 6) is -1.40. The van der Waals surface area contributed by atoms with Gasteiger partial charge in [-0.15, -0.1) is 0 Å². The van der Waals surface area contributed by atoms with E-state index in [1.165, 1.54) is 17.0 Å². The maximum atomic E-state index is 13.4. The third kappa shape index (κ3) is 3.86. The Kier molecular flexibility index (Phi) is 5.38. The summed E-state index contributed by atoms with van der Waals surface area (Å²) in [5, 5.41) is 11.2. The van der Waals surface area contributed by atoms with Gasteiger partial charge in [0.1, 0.15) is 23.4 Å². The molecule has 1 aromatic heterocycles. The maximum Gasteiger partial charge on any atom is 0.296 e. The minimum Gasteiger partial charge on any atom is -0.507 e. The highest BCUT2D eigenvalue weighted by Crippen LogP contribution is 2.40. The number of amides is 1. The molecule has 33 heavy (non-hydrogen) atoms. The van der Waals surface area contributed by atoms with Crippen molar-refractivity contribution in [1.29, 1.82) is 0 Å². The van der Waals surface area contributed by atoms with E-state index in [4.69, 9.17) is 4.74 Å². The molecule has 5 rings (SSSR count). The molecule has 1 N–H and O–H groups in total. The van der Waals surface area contributed by atoms with Gasteiger partial charge in [0.2, 0.25) is 0 Å². The third-order valence-corrected chi connectivity index (χ3v) is 5.96. The predicted molar refractivity (Wildman–Crippen MR) is 119 cm³/mol. The molecule has 0 bridgehead atoms. The standard InChI is InChI=1S/C26H21FN2O4/c27-19-9-6-16(7-10-19)15-29-23(20-5-1-2-12-28-20)22(25(31)26(29)32)24(30)18-8-11-21-17(14-18)4-3-13-33-21/h1-2,5-12,14,23,30H,3-4,13,15H2/b24-22-. The minimum atomic E-state index is -0.872. The first-order chi connectivity index (χ1) is 16.0. The van der Waals surface area contributed by atoms with Crippen LogP contribution < -0.4 is 4.74 Å². The molecule has 7 heteroatoms. The molecule has 2 aliphatic heterocycles. The van der Waals surface area contributed by atoms with Crippen molar-refractivity contribution in [2.75, 3.05) is 6.61 Å². The molecule has 1 saturated heterocycles. The molecule has 6 nitrogen and oxygen atoms in total. The van der Waals surface area contributed by atoms with Gasteiger partial charge in [-0.2, -0.15) is 0 Å². The Hall–Kier alpha value is -4.00. The first-order valence-electron chi connectivity index (χ1n) is 10.7. The molecule has 0 spiro atoms. The predicted octanol–water partition coefficient (Wildman–Crippen LogP) is 4.17. The number of aryl methyl sites for hydroxylation is 1. The van der Waals surface area contributed by atoms with Crippen LogP contribution in [0.1, 0.15) is 34.8 Å². The van der Waals surface area contributed by atoms with Gasteiger partial charge >= 0.3 is 0 Å². The second kappa shape index (κ2) is 8.50. The number of fused-ring (bicyclic) bond motifs is 1. The first-order valence-corrected chi connectivity index (χ1v) is 10.7. The summed E-state index contributed by atoms with van der Waals surface area (Å²) in [6.45, 7) is 0.716. The fraction of sp³-hybridized carbons (Fsp3) is 0.192. The minimum absolute atomic E-state index is 0.0162. The largest absolute Gasteiger partial charge is 0.507 e. The zero-order valence-corrected chi connectivity index (χ0v) is 17.7. The number of carbonyl (C=O) groups is 2. The normalized spacial score (nSPS) is 19.3. The number of hydrogen-bond acceptors (Lipinski definition) is 5. The summed E-state index contributed by atoms with van der Waals surface area (Å²) < 4.78 is 19.0. The Morgan fingerprint density at radius 2 is 1.94 bits per heavy atom. The zero-order valence-electron chi connectivity index (χ0n) is 17.7. The molecule has 1 unspecified atom stereocenters. The summed E-state index contributed by atoms with van der Waals surface area (Å²) in [5.41, 5.74) is 2.49. The smallest absolute Gasteiger partial charge is 0.296 e. The van der Waals surface area contributed by atoms with Crippen LogP contribution in [-0.4, -0.2) is 33.3 Å². The second-order valence-electron chi connectivity index (χ2n) is 8.08. The van der Waals surface area contributed by atoms with Gasteiger partial charge in [-0.05, 0) is 66.4 Å². The molecule has 3 aromatic rings. The molecule has 2 aromatic carbocycles. The number of ketones is 1. The molecule has 166 valence electrons. The highest BCUT2D eigenvalue weighted by molar-refractivity contribution is 6.46. The zero-order chi connectivity index (χ0) is 22.9. The van der Waals surface area contributed by atoms with Crippen LogP contribution in [0.25, 0.3) is 5.76 Å². The maximum absolute atomic E-state index is 13.4. The topological polar surface area (TPSA) is 79.7 Å². The number of ether oxygens (including phenoxy) is 1. The van der Waals surface area contributed by atoms with E-state index in [-0.39, 0.29) is 17.9 Å². The van der Waals surface area contributed by atoms with E-state index in [0.717, 1.165) is 24.2 Å². The monoisotopic (exact) mass is 444 g/mol. The van der Waals surface area contributed by atoms with Gasteiger partial charge in [-0.3, -0.25) is 14.6 Å². The van der Waals surface area contributed by atoms with Crippen LogP contribution in [0.15, 0.2) is 72.4 Å². The molecule has 0 saturated carbocycles. The van der Waals surface area contributed by atoms with E-state index in [2.05, 4.69) is 4.98 Å². The number of aliphatic hydroxyl groups is 1. The molecular weight excluding hydrogens is 423 g/mol.